The van der Waals surface area contributed by atoms with Crippen LogP contribution in [0.15, 0.2) is 17.1 Å². The molecule has 0 atom stereocenters. The summed E-state index contributed by atoms with van der Waals surface area (Å²) in [5, 5.41) is 0. The molecule has 1 rings (SSSR count). The highest BCUT2D eigenvalue weighted by atomic mass is 14.8. The number of rotatable bonds is 1. The van der Waals surface area contributed by atoms with Gasteiger partial charge in [0.05, 0.1) is 11.5 Å². The summed E-state index contributed by atoms with van der Waals surface area (Å²) < 4.78 is 0. The van der Waals surface area contributed by atoms with E-state index in [2.05, 4.69) is 37.9 Å². The van der Waals surface area contributed by atoms with Crippen LogP contribution in [-0.2, 0) is 0 Å². The van der Waals surface area contributed by atoms with Crippen molar-refractivity contribution < 1.29 is 0 Å². The molecule has 13 heavy (non-hydrogen) atoms. The van der Waals surface area contributed by atoms with Crippen LogP contribution in [0.1, 0.15) is 23.6 Å². The molecule has 2 N–H and O–H groups in total. The maximum atomic E-state index is 5.55. The van der Waals surface area contributed by atoms with Crippen LogP contribution in [-0.4, -0.2) is 5.84 Å². The molecule has 0 fully saturated rings. The fourth-order valence-corrected chi connectivity index (χ4v) is 1.53. The van der Waals surface area contributed by atoms with E-state index in [0.717, 1.165) is 5.69 Å². The molecule has 0 spiro atoms. The second kappa shape index (κ2) is 3.60. The van der Waals surface area contributed by atoms with Gasteiger partial charge in [0.25, 0.3) is 0 Å². The SMILES string of the molecule is CC(N)=Nc1c(C)cc(C)cc1C. The first-order chi connectivity index (χ1) is 6.00. The monoisotopic (exact) mass is 176 g/mol. The number of amidine groups is 1. The van der Waals surface area contributed by atoms with Crippen molar-refractivity contribution in [2.24, 2.45) is 10.7 Å². The highest BCUT2D eigenvalue weighted by molar-refractivity contribution is 5.81. The number of hydrogen-bond acceptors (Lipinski definition) is 1. The zero-order valence-corrected chi connectivity index (χ0v) is 8.68. The van der Waals surface area contributed by atoms with Crippen LogP contribution >= 0.6 is 0 Å². The Hall–Kier alpha value is -1.31. The standard InChI is InChI=1S/C11H16N2/c1-7-5-8(2)11(9(3)6-7)13-10(4)12/h5-6H,1-4H3,(H2,12,13). The lowest BCUT2D eigenvalue weighted by molar-refractivity contribution is 1.28. The van der Waals surface area contributed by atoms with Gasteiger partial charge in [-0.1, -0.05) is 17.7 Å². The summed E-state index contributed by atoms with van der Waals surface area (Å²) in [7, 11) is 0. The molecule has 0 unspecified atom stereocenters. The van der Waals surface area contributed by atoms with Gasteiger partial charge in [0.2, 0.25) is 0 Å². The smallest absolute Gasteiger partial charge is 0.0965 e. The fraction of sp³-hybridized carbons (Fsp3) is 0.364. The van der Waals surface area contributed by atoms with Crippen LogP contribution in [0, 0.1) is 20.8 Å². The molecule has 0 amide bonds. The van der Waals surface area contributed by atoms with Crippen LogP contribution in [0.5, 0.6) is 0 Å². The normalized spacial score (nSPS) is 11.8. The molecule has 1 aromatic rings. The Labute approximate surface area is 79.5 Å². The van der Waals surface area contributed by atoms with E-state index in [9.17, 15) is 0 Å². The minimum Gasteiger partial charge on any atom is -0.387 e. The van der Waals surface area contributed by atoms with Gasteiger partial charge in [-0.25, -0.2) is 4.99 Å². The Kier molecular flexibility index (Phi) is 2.71. The summed E-state index contributed by atoms with van der Waals surface area (Å²) in [4.78, 5) is 4.29. The second-order valence-electron chi connectivity index (χ2n) is 3.50. The molecular weight excluding hydrogens is 160 g/mol. The van der Waals surface area contributed by atoms with E-state index in [0.29, 0.717) is 5.84 Å². The number of benzene rings is 1. The minimum atomic E-state index is 0.607. The molecule has 2 nitrogen and oxygen atoms in total. The molecule has 0 aliphatic rings. The van der Waals surface area contributed by atoms with Gasteiger partial charge in [-0.2, -0.15) is 0 Å². The van der Waals surface area contributed by atoms with Gasteiger partial charge in [0.1, 0.15) is 0 Å². The van der Waals surface area contributed by atoms with Crippen molar-refractivity contribution in [1.82, 2.24) is 0 Å². The first kappa shape index (κ1) is 9.78. The lowest BCUT2D eigenvalue weighted by Gasteiger charge is -2.06. The van der Waals surface area contributed by atoms with Gasteiger partial charge in [0.15, 0.2) is 0 Å². The van der Waals surface area contributed by atoms with E-state index < -0.39 is 0 Å². The lowest BCUT2D eigenvalue weighted by Crippen LogP contribution is -2.04. The Morgan fingerprint density at radius 3 is 2.00 bits per heavy atom. The molecule has 70 valence electrons. The lowest BCUT2D eigenvalue weighted by atomic mass is 10.1. The number of nitrogens with two attached hydrogens (primary N) is 1. The average Bonchev–Trinajstić information content (AvgIpc) is 1.96. The molecule has 0 saturated carbocycles. The maximum Gasteiger partial charge on any atom is 0.0965 e. The Bertz CT molecular complexity index is 324. The van der Waals surface area contributed by atoms with Gasteiger partial charge in [-0.3, -0.25) is 0 Å². The predicted octanol–water partition coefficient (Wildman–Crippen LogP) is 2.62. The van der Waals surface area contributed by atoms with Gasteiger partial charge < -0.3 is 5.73 Å². The van der Waals surface area contributed by atoms with Crippen LogP contribution in [0.25, 0.3) is 0 Å². The van der Waals surface area contributed by atoms with Crippen LogP contribution in [0.2, 0.25) is 0 Å². The van der Waals surface area contributed by atoms with E-state index in [1.165, 1.54) is 16.7 Å². The van der Waals surface area contributed by atoms with E-state index in [1.807, 2.05) is 0 Å². The summed E-state index contributed by atoms with van der Waals surface area (Å²) in [6.45, 7) is 8.01. The van der Waals surface area contributed by atoms with Crippen molar-refractivity contribution in [3.05, 3.63) is 28.8 Å². The Balaban J connectivity index is 3.29. The van der Waals surface area contributed by atoms with Crippen LogP contribution < -0.4 is 5.73 Å². The fourth-order valence-electron chi connectivity index (χ4n) is 1.53. The van der Waals surface area contributed by atoms with Gasteiger partial charge in [-0.15, -0.1) is 0 Å². The molecule has 0 heterocycles. The largest absolute Gasteiger partial charge is 0.387 e. The van der Waals surface area contributed by atoms with Crippen molar-refractivity contribution in [3.8, 4) is 0 Å². The first-order valence-electron chi connectivity index (χ1n) is 4.39. The molecule has 0 aliphatic heterocycles. The second-order valence-corrected chi connectivity index (χ2v) is 3.50. The number of nitrogens with zero attached hydrogens (tertiary/aromatic N) is 1. The van der Waals surface area contributed by atoms with Crippen LogP contribution in [0.4, 0.5) is 5.69 Å². The highest BCUT2D eigenvalue weighted by Crippen LogP contribution is 2.24. The summed E-state index contributed by atoms with van der Waals surface area (Å²) in [6.07, 6.45) is 0. The number of hydrogen-bond donors (Lipinski definition) is 1. The van der Waals surface area contributed by atoms with E-state index >= 15 is 0 Å². The molecule has 0 aromatic heterocycles. The summed E-state index contributed by atoms with van der Waals surface area (Å²) in [6, 6.07) is 4.24. The first-order valence-corrected chi connectivity index (χ1v) is 4.39. The third-order valence-corrected chi connectivity index (χ3v) is 1.92. The maximum absolute atomic E-state index is 5.55. The average molecular weight is 176 g/mol. The molecule has 0 bridgehead atoms. The van der Waals surface area contributed by atoms with Crippen molar-refractivity contribution in [2.45, 2.75) is 27.7 Å². The van der Waals surface area contributed by atoms with Gasteiger partial charge in [-0.05, 0) is 38.8 Å². The van der Waals surface area contributed by atoms with Gasteiger partial charge in [0, 0.05) is 0 Å². The molecule has 0 saturated heterocycles. The quantitative estimate of drug-likeness (QED) is 0.518. The number of aryl methyl sites for hydroxylation is 3. The third-order valence-electron chi connectivity index (χ3n) is 1.92. The molecule has 0 radical (unpaired) electrons. The van der Waals surface area contributed by atoms with E-state index in [4.69, 9.17) is 5.73 Å². The van der Waals surface area contributed by atoms with Crippen LogP contribution in [0.3, 0.4) is 0 Å². The highest BCUT2D eigenvalue weighted by Gasteiger charge is 2.01. The summed E-state index contributed by atoms with van der Waals surface area (Å²) in [5.74, 6) is 0.607. The topological polar surface area (TPSA) is 38.4 Å². The predicted molar refractivity (Wildman–Crippen MR) is 57.6 cm³/mol. The molecule has 1 aromatic carbocycles. The van der Waals surface area contributed by atoms with E-state index in [-0.39, 0.29) is 0 Å². The third kappa shape index (κ3) is 2.31. The van der Waals surface area contributed by atoms with E-state index in [1.54, 1.807) is 6.92 Å². The Morgan fingerprint density at radius 1 is 1.15 bits per heavy atom. The van der Waals surface area contributed by atoms with Gasteiger partial charge >= 0.3 is 0 Å². The molecule has 0 aliphatic carbocycles. The van der Waals surface area contributed by atoms with Crippen molar-refractivity contribution in [2.75, 3.05) is 0 Å². The summed E-state index contributed by atoms with van der Waals surface area (Å²) in [5.41, 5.74) is 10.2. The summed E-state index contributed by atoms with van der Waals surface area (Å²) >= 11 is 0. The molecular formula is C11H16N2. The Morgan fingerprint density at radius 2 is 1.62 bits per heavy atom. The number of aliphatic imine (C=N–C) groups is 1. The zero-order chi connectivity index (χ0) is 10.0. The molecule has 2 heteroatoms. The minimum absolute atomic E-state index is 0.607. The van der Waals surface area contributed by atoms with Crippen molar-refractivity contribution in [1.29, 1.82) is 0 Å². The van der Waals surface area contributed by atoms with Crippen molar-refractivity contribution in [3.63, 3.8) is 0 Å². The van der Waals surface area contributed by atoms with Crippen molar-refractivity contribution >= 4 is 11.5 Å². The zero-order valence-electron chi connectivity index (χ0n) is 8.68.